The molecule has 0 spiro atoms. The molecule has 3 heterocycles. The van der Waals surface area contributed by atoms with E-state index in [1.54, 1.807) is 38.7 Å². The third-order valence-corrected chi connectivity index (χ3v) is 7.45. The van der Waals surface area contributed by atoms with Crippen molar-refractivity contribution in [2.75, 3.05) is 40.5 Å². The van der Waals surface area contributed by atoms with Gasteiger partial charge < -0.3 is 14.4 Å². The molecule has 2 aliphatic rings. The van der Waals surface area contributed by atoms with Gasteiger partial charge in [0, 0.05) is 61.7 Å². The maximum absolute atomic E-state index is 13.3. The number of hydrogen-bond donors (Lipinski definition) is 0. The van der Waals surface area contributed by atoms with Crippen LogP contribution < -0.4 is 4.74 Å². The van der Waals surface area contributed by atoms with E-state index in [0.717, 1.165) is 49.4 Å². The van der Waals surface area contributed by atoms with Crippen molar-refractivity contribution in [3.05, 3.63) is 84.2 Å². The Hall–Kier alpha value is -3.22. The monoisotopic (exact) mass is 471 g/mol. The molecule has 6 heteroatoms. The molecule has 2 aromatic carbocycles. The van der Waals surface area contributed by atoms with Gasteiger partial charge in [-0.25, -0.2) is 0 Å². The summed E-state index contributed by atoms with van der Waals surface area (Å²) in [6.45, 7) is 3.25. The molecule has 0 bridgehead atoms. The Kier molecular flexibility index (Phi) is 7.11. The molecular weight excluding hydrogens is 438 g/mol. The highest BCUT2D eigenvalue weighted by Crippen LogP contribution is 2.43. The lowest BCUT2D eigenvalue weighted by molar-refractivity contribution is -0.0680. The quantitative estimate of drug-likeness (QED) is 0.531. The van der Waals surface area contributed by atoms with Crippen LogP contribution in [-0.2, 0) is 4.74 Å². The summed E-state index contributed by atoms with van der Waals surface area (Å²) < 4.78 is 11.2. The Labute approximate surface area is 207 Å². The standard InChI is InChI=1S/C29H33N3O3/c1-34-20-26-28(22-11-9-21(10-12-22)24-7-3-4-8-27(24)35-2)25-19-31(17-5-6-18-32(25)26)29(33)23-13-15-30-16-14-23/h3-4,7-16,25-26,28H,5-6,17-20H2,1-2H3/t25-,26-,28?/m1/s1. The molecule has 35 heavy (non-hydrogen) atoms. The van der Waals surface area contributed by atoms with Crippen LogP contribution >= 0.6 is 0 Å². The van der Waals surface area contributed by atoms with Crippen molar-refractivity contribution >= 4 is 5.91 Å². The van der Waals surface area contributed by atoms with E-state index in [0.29, 0.717) is 24.1 Å². The molecule has 6 nitrogen and oxygen atoms in total. The van der Waals surface area contributed by atoms with Gasteiger partial charge in [0.05, 0.1) is 13.7 Å². The molecule has 0 radical (unpaired) electrons. The number of pyridine rings is 1. The second-order valence-corrected chi connectivity index (χ2v) is 9.37. The first kappa shape index (κ1) is 23.5. The number of hydrogen-bond acceptors (Lipinski definition) is 5. The predicted octanol–water partition coefficient (Wildman–Crippen LogP) is 4.48. The predicted molar refractivity (Wildman–Crippen MR) is 137 cm³/mol. The Morgan fingerprint density at radius 2 is 1.71 bits per heavy atom. The molecule has 1 unspecified atom stereocenters. The number of rotatable bonds is 6. The normalized spacial score (nSPS) is 22.5. The van der Waals surface area contributed by atoms with Crippen molar-refractivity contribution < 1.29 is 14.3 Å². The van der Waals surface area contributed by atoms with E-state index in [1.165, 1.54) is 5.56 Å². The van der Waals surface area contributed by atoms with Gasteiger partial charge in [0.15, 0.2) is 0 Å². The number of methoxy groups -OCH3 is 2. The minimum Gasteiger partial charge on any atom is -0.496 e. The van der Waals surface area contributed by atoms with E-state index in [-0.39, 0.29) is 11.9 Å². The van der Waals surface area contributed by atoms with Crippen molar-refractivity contribution in [1.29, 1.82) is 0 Å². The third kappa shape index (κ3) is 4.68. The van der Waals surface area contributed by atoms with E-state index >= 15 is 0 Å². The lowest BCUT2D eigenvalue weighted by Crippen LogP contribution is -2.68. The average Bonchev–Trinajstić information content (AvgIpc) is 2.90. The van der Waals surface area contributed by atoms with E-state index in [2.05, 4.69) is 40.2 Å². The summed E-state index contributed by atoms with van der Waals surface area (Å²) in [7, 11) is 3.48. The van der Waals surface area contributed by atoms with Gasteiger partial charge in [-0.15, -0.1) is 0 Å². The zero-order chi connectivity index (χ0) is 24.2. The fraction of sp³-hybridized carbons (Fsp3) is 0.379. The molecule has 5 rings (SSSR count). The zero-order valence-corrected chi connectivity index (χ0v) is 20.5. The van der Waals surface area contributed by atoms with Crippen molar-refractivity contribution in [2.45, 2.75) is 30.8 Å². The Morgan fingerprint density at radius 3 is 2.46 bits per heavy atom. The van der Waals surface area contributed by atoms with Gasteiger partial charge >= 0.3 is 0 Å². The van der Waals surface area contributed by atoms with Crippen molar-refractivity contribution in [2.24, 2.45) is 0 Å². The lowest BCUT2D eigenvalue weighted by atomic mass is 9.74. The molecular formula is C29H33N3O3. The van der Waals surface area contributed by atoms with Gasteiger partial charge in [0.1, 0.15) is 5.75 Å². The van der Waals surface area contributed by atoms with Crippen LogP contribution in [0, 0.1) is 0 Å². The molecule has 2 saturated heterocycles. The summed E-state index contributed by atoms with van der Waals surface area (Å²) in [5.74, 6) is 1.28. The van der Waals surface area contributed by atoms with Gasteiger partial charge in [-0.1, -0.05) is 42.5 Å². The van der Waals surface area contributed by atoms with Crippen molar-refractivity contribution in [3.63, 3.8) is 0 Å². The first-order valence-electron chi connectivity index (χ1n) is 12.4. The van der Waals surface area contributed by atoms with Gasteiger partial charge in [0.25, 0.3) is 5.91 Å². The van der Waals surface area contributed by atoms with E-state index < -0.39 is 0 Å². The highest BCUT2D eigenvalue weighted by Gasteiger charge is 2.49. The first-order chi connectivity index (χ1) is 17.2. The van der Waals surface area contributed by atoms with Crippen LogP contribution in [0.2, 0.25) is 0 Å². The van der Waals surface area contributed by atoms with Gasteiger partial charge in [-0.05, 0) is 48.7 Å². The number of amides is 1. The molecule has 3 aromatic rings. The second kappa shape index (κ2) is 10.6. The molecule has 0 N–H and O–H groups in total. The number of nitrogens with zero attached hydrogens (tertiary/aromatic N) is 3. The molecule has 182 valence electrons. The SMILES string of the molecule is COC[C@@H]1C(c2ccc(-c3ccccc3OC)cc2)[C@H]2CN(C(=O)c3ccncc3)CCCCN12. The third-order valence-electron chi connectivity index (χ3n) is 7.45. The van der Waals surface area contributed by atoms with Crippen LogP contribution in [0.4, 0.5) is 0 Å². The summed E-state index contributed by atoms with van der Waals surface area (Å²) >= 11 is 0. The fourth-order valence-electron chi connectivity index (χ4n) is 5.72. The number of aromatic nitrogens is 1. The van der Waals surface area contributed by atoms with Crippen molar-refractivity contribution in [3.8, 4) is 16.9 Å². The van der Waals surface area contributed by atoms with Crippen molar-refractivity contribution in [1.82, 2.24) is 14.8 Å². The number of fused-ring (bicyclic) bond motifs is 1. The fourth-order valence-corrected chi connectivity index (χ4v) is 5.72. The summed E-state index contributed by atoms with van der Waals surface area (Å²) in [6, 6.07) is 21.1. The minimum atomic E-state index is 0.0923. The summed E-state index contributed by atoms with van der Waals surface area (Å²) in [5, 5.41) is 0. The molecule has 2 aliphatic heterocycles. The van der Waals surface area contributed by atoms with E-state index in [4.69, 9.17) is 9.47 Å². The average molecular weight is 472 g/mol. The maximum atomic E-state index is 13.3. The summed E-state index contributed by atoms with van der Waals surface area (Å²) in [6.07, 6.45) is 5.47. The number of carbonyl (C=O) groups excluding carboxylic acids is 1. The largest absolute Gasteiger partial charge is 0.496 e. The van der Waals surface area contributed by atoms with Gasteiger partial charge in [-0.3, -0.25) is 14.7 Å². The smallest absolute Gasteiger partial charge is 0.254 e. The minimum absolute atomic E-state index is 0.0923. The van der Waals surface area contributed by atoms with Crippen LogP contribution in [0.5, 0.6) is 5.75 Å². The Bertz CT molecular complexity index is 1140. The summed E-state index contributed by atoms with van der Waals surface area (Å²) in [5.41, 5.74) is 4.23. The highest BCUT2D eigenvalue weighted by atomic mass is 16.5. The molecule has 3 atom stereocenters. The zero-order valence-electron chi connectivity index (χ0n) is 20.5. The molecule has 0 saturated carbocycles. The number of ether oxygens (including phenoxy) is 2. The lowest BCUT2D eigenvalue weighted by Gasteiger charge is -2.57. The Morgan fingerprint density at radius 1 is 0.971 bits per heavy atom. The topological polar surface area (TPSA) is 54.9 Å². The van der Waals surface area contributed by atoms with Gasteiger partial charge in [-0.2, -0.15) is 0 Å². The van der Waals surface area contributed by atoms with Crippen LogP contribution in [0.1, 0.15) is 34.7 Å². The molecule has 1 aromatic heterocycles. The molecule has 0 aliphatic carbocycles. The van der Waals surface area contributed by atoms with Crippen LogP contribution in [-0.4, -0.2) is 73.2 Å². The first-order valence-corrected chi connectivity index (χ1v) is 12.4. The van der Waals surface area contributed by atoms with Crippen LogP contribution in [0.15, 0.2) is 73.1 Å². The molecule has 2 fully saturated rings. The van der Waals surface area contributed by atoms with E-state index in [1.807, 2.05) is 23.1 Å². The number of carbonyl (C=O) groups is 1. The number of benzene rings is 2. The van der Waals surface area contributed by atoms with Gasteiger partial charge in [0.2, 0.25) is 0 Å². The maximum Gasteiger partial charge on any atom is 0.254 e. The van der Waals surface area contributed by atoms with E-state index in [9.17, 15) is 4.79 Å². The second-order valence-electron chi connectivity index (χ2n) is 9.37. The molecule has 1 amide bonds. The van der Waals surface area contributed by atoms with Crippen LogP contribution in [0.3, 0.4) is 0 Å². The van der Waals surface area contributed by atoms with Crippen LogP contribution in [0.25, 0.3) is 11.1 Å². The Balaban J connectivity index is 1.41. The summed E-state index contributed by atoms with van der Waals surface area (Å²) in [4.78, 5) is 21.9. The highest BCUT2D eigenvalue weighted by molar-refractivity contribution is 5.94. The number of para-hydroxylation sites is 1.